The van der Waals surface area contributed by atoms with Gasteiger partial charge in [-0.15, -0.1) is 12.4 Å². The summed E-state index contributed by atoms with van der Waals surface area (Å²) in [5, 5.41) is 8.80. The van der Waals surface area contributed by atoms with E-state index in [1.807, 2.05) is 18.2 Å². The second-order valence-electron chi connectivity index (χ2n) is 5.40. The Labute approximate surface area is 131 Å². The molecule has 0 unspecified atom stereocenters. The Hall–Kier alpha value is -1.58. The fourth-order valence-electron chi connectivity index (χ4n) is 2.85. The van der Waals surface area contributed by atoms with Crippen LogP contribution in [0.5, 0.6) is 0 Å². The smallest absolute Gasteiger partial charge is 0.224 e. The van der Waals surface area contributed by atoms with E-state index in [0.717, 1.165) is 25.9 Å². The highest BCUT2D eigenvalue weighted by Gasteiger charge is 2.20. The number of hydrogen-bond donors (Lipinski definition) is 2. The summed E-state index contributed by atoms with van der Waals surface area (Å²) in [5.74, 6) is 0.295. The van der Waals surface area contributed by atoms with Crippen LogP contribution in [-0.2, 0) is 11.3 Å². The van der Waals surface area contributed by atoms with E-state index in [0.29, 0.717) is 6.54 Å². The zero-order valence-corrected chi connectivity index (χ0v) is 12.8. The van der Waals surface area contributed by atoms with E-state index in [2.05, 4.69) is 34.9 Å². The molecule has 3 nitrogen and oxygen atoms in total. The second-order valence-corrected chi connectivity index (χ2v) is 5.40. The van der Waals surface area contributed by atoms with Crippen molar-refractivity contribution in [1.29, 1.82) is 0 Å². The van der Waals surface area contributed by atoms with Crippen LogP contribution in [0.25, 0.3) is 10.8 Å². The van der Waals surface area contributed by atoms with Crippen LogP contribution in [0, 0.1) is 5.92 Å². The molecule has 2 aromatic carbocycles. The third-order valence-corrected chi connectivity index (χ3v) is 4.00. The van der Waals surface area contributed by atoms with Crippen molar-refractivity contribution in [2.45, 2.75) is 19.4 Å². The molecule has 0 aliphatic carbocycles. The highest BCUT2D eigenvalue weighted by molar-refractivity contribution is 5.86. The van der Waals surface area contributed by atoms with E-state index in [1.54, 1.807) is 0 Å². The lowest BCUT2D eigenvalue weighted by atomic mass is 9.98. The lowest BCUT2D eigenvalue weighted by Crippen LogP contribution is -2.40. The van der Waals surface area contributed by atoms with Gasteiger partial charge in [0.25, 0.3) is 0 Å². The summed E-state index contributed by atoms with van der Waals surface area (Å²) in [6.07, 6.45) is 2.08. The monoisotopic (exact) mass is 304 g/mol. The van der Waals surface area contributed by atoms with Crippen LogP contribution in [-0.4, -0.2) is 19.0 Å². The van der Waals surface area contributed by atoms with E-state index >= 15 is 0 Å². The van der Waals surface area contributed by atoms with Crippen molar-refractivity contribution in [1.82, 2.24) is 10.6 Å². The van der Waals surface area contributed by atoms with Gasteiger partial charge < -0.3 is 10.6 Å². The molecule has 1 atom stereocenters. The predicted octanol–water partition coefficient (Wildman–Crippen LogP) is 2.88. The second kappa shape index (κ2) is 7.43. The average Bonchev–Trinajstić information content (AvgIpc) is 2.53. The van der Waals surface area contributed by atoms with Crippen molar-refractivity contribution in [2.24, 2.45) is 5.92 Å². The Morgan fingerprint density at radius 1 is 1.19 bits per heavy atom. The van der Waals surface area contributed by atoms with Crippen molar-refractivity contribution in [3.63, 3.8) is 0 Å². The Bertz CT molecular complexity index is 603. The van der Waals surface area contributed by atoms with Crippen LogP contribution in [0.15, 0.2) is 42.5 Å². The van der Waals surface area contributed by atoms with Gasteiger partial charge in [-0.25, -0.2) is 0 Å². The number of carbonyl (C=O) groups is 1. The fourth-order valence-corrected chi connectivity index (χ4v) is 2.85. The Morgan fingerprint density at radius 2 is 2.00 bits per heavy atom. The van der Waals surface area contributed by atoms with E-state index < -0.39 is 0 Å². The molecule has 112 valence electrons. The molecule has 1 saturated heterocycles. The van der Waals surface area contributed by atoms with Crippen LogP contribution in [0.4, 0.5) is 0 Å². The predicted molar refractivity (Wildman–Crippen MR) is 88.6 cm³/mol. The van der Waals surface area contributed by atoms with Crippen molar-refractivity contribution in [2.75, 3.05) is 13.1 Å². The van der Waals surface area contributed by atoms with Crippen molar-refractivity contribution < 1.29 is 4.79 Å². The Kier molecular flexibility index (Phi) is 5.59. The maximum Gasteiger partial charge on any atom is 0.224 e. The molecule has 1 fully saturated rings. The number of hydrogen-bond acceptors (Lipinski definition) is 2. The third-order valence-electron chi connectivity index (χ3n) is 4.00. The maximum absolute atomic E-state index is 12.2. The molecule has 2 aromatic rings. The molecule has 4 heteroatoms. The molecule has 2 N–H and O–H groups in total. The van der Waals surface area contributed by atoms with Crippen molar-refractivity contribution in [3.05, 3.63) is 48.0 Å². The zero-order valence-electron chi connectivity index (χ0n) is 12.0. The molecule has 0 radical (unpaired) electrons. The largest absolute Gasteiger partial charge is 0.352 e. The maximum atomic E-state index is 12.2. The molecule has 3 rings (SSSR count). The molecule has 0 aromatic heterocycles. The van der Waals surface area contributed by atoms with Gasteiger partial charge in [-0.2, -0.15) is 0 Å². The van der Waals surface area contributed by atoms with Gasteiger partial charge in [-0.05, 0) is 35.7 Å². The van der Waals surface area contributed by atoms with Gasteiger partial charge in [-0.3, -0.25) is 4.79 Å². The van der Waals surface area contributed by atoms with E-state index in [1.165, 1.54) is 16.3 Å². The molecule has 0 saturated carbocycles. The normalized spacial score (nSPS) is 18.0. The minimum atomic E-state index is 0. The summed E-state index contributed by atoms with van der Waals surface area (Å²) in [7, 11) is 0. The lowest BCUT2D eigenvalue weighted by Gasteiger charge is -2.22. The van der Waals surface area contributed by atoms with Crippen LogP contribution in [0.3, 0.4) is 0 Å². The number of nitrogens with one attached hydrogen (secondary N) is 2. The average molecular weight is 305 g/mol. The molecule has 0 bridgehead atoms. The van der Waals surface area contributed by atoms with Crippen LogP contribution < -0.4 is 10.6 Å². The van der Waals surface area contributed by atoms with Crippen LogP contribution in [0.1, 0.15) is 18.4 Å². The van der Waals surface area contributed by atoms with Crippen molar-refractivity contribution >= 4 is 29.1 Å². The van der Waals surface area contributed by atoms with Gasteiger partial charge in [0.1, 0.15) is 0 Å². The molecule has 1 aliphatic heterocycles. The minimum Gasteiger partial charge on any atom is -0.352 e. The Balaban J connectivity index is 0.00000161. The highest BCUT2D eigenvalue weighted by Crippen LogP contribution is 2.18. The zero-order chi connectivity index (χ0) is 13.8. The van der Waals surface area contributed by atoms with Crippen molar-refractivity contribution in [3.8, 4) is 0 Å². The quantitative estimate of drug-likeness (QED) is 0.915. The van der Waals surface area contributed by atoms with Gasteiger partial charge in [0, 0.05) is 13.1 Å². The number of rotatable bonds is 3. The first-order chi connectivity index (χ1) is 9.84. The number of halogens is 1. The molecular formula is C17H21ClN2O. The van der Waals surface area contributed by atoms with Gasteiger partial charge in [-0.1, -0.05) is 42.5 Å². The molecule has 1 amide bonds. The summed E-state index contributed by atoms with van der Waals surface area (Å²) >= 11 is 0. The molecular weight excluding hydrogens is 284 g/mol. The van der Waals surface area contributed by atoms with Crippen LogP contribution in [0.2, 0.25) is 0 Å². The number of amides is 1. The molecule has 1 aliphatic rings. The number of carbonyl (C=O) groups excluding carboxylic acids is 1. The number of piperidine rings is 1. The minimum absolute atomic E-state index is 0. The van der Waals surface area contributed by atoms with E-state index in [9.17, 15) is 4.79 Å². The fraction of sp³-hybridized carbons (Fsp3) is 0.353. The first-order valence-corrected chi connectivity index (χ1v) is 7.29. The van der Waals surface area contributed by atoms with Gasteiger partial charge >= 0.3 is 0 Å². The topological polar surface area (TPSA) is 41.1 Å². The summed E-state index contributed by atoms with van der Waals surface area (Å²) in [6.45, 7) is 2.45. The molecule has 1 heterocycles. The number of fused-ring (bicyclic) bond motifs is 1. The molecule has 21 heavy (non-hydrogen) atoms. The van der Waals surface area contributed by atoms with Gasteiger partial charge in [0.05, 0.1) is 5.92 Å². The third kappa shape index (κ3) is 3.74. The lowest BCUT2D eigenvalue weighted by molar-refractivity contribution is -0.125. The standard InChI is InChI=1S/C17H20N2O.ClH/c20-17(15-8-4-10-18-11-15)19-12-14-7-3-6-13-5-1-2-9-16(13)14;/h1-3,5-7,9,15,18H,4,8,10-12H2,(H,19,20);1H/t15-;/m1./s1. The van der Waals surface area contributed by atoms with Gasteiger partial charge in [0.15, 0.2) is 0 Å². The SMILES string of the molecule is Cl.O=C(NCc1cccc2ccccc12)[C@@H]1CCCNC1. The summed E-state index contributed by atoms with van der Waals surface area (Å²) in [5.41, 5.74) is 1.18. The first kappa shape index (κ1) is 15.8. The van der Waals surface area contributed by atoms with E-state index in [-0.39, 0.29) is 24.2 Å². The summed E-state index contributed by atoms with van der Waals surface area (Å²) < 4.78 is 0. The summed E-state index contributed by atoms with van der Waals surface area (Å²) in [6, 6.07) is 14.5. The Morgan fingerprint density at radius 3 is 2.81 bits per heavy atom. The van der Waals surface area contributed by atoms with Crippen LogP contribution >= 0.6 is 12.4 Å². The number of benzene rings is 2. The highest BCUT2D eigenvalue weighted by atomic mass is 35.5. The summed E-state index contributed by atoms with van der Waals surface area (Å²) in [4.78, 5) is 12.2. The molecule has 0 spiro atoms. The first-order valence-electron chi connectivity index (χ1n) is 7.29. The van der Waals surface area contributed by atoms with Gasteiger partial charge in [0.2, 0.25) is 5.91 Å². The van der Waals surface area contributed by atoms with E-state index in [4.69, 9.17) is 0 Å².